The molecule has 0 radical (unpaired) electrons. The van der Waals surface area contributed by atoms with Crippen LogP contribution in [0.3, 0.4) is 0 Å². The van der Waals surface area contributed by atoms with Crippen molar-refractivity contribution < 1.29 is 32.9 Å². The highest BCUT2D eigenvalue weighted by molar-refractivity contribution is 5.90. The molecule has 1 aliphatic rings. The largest absolute Gasteiger partial charge is 0.459 e. The van der Waals surface area contributed by atoms with Gasteiger partial charge in [0.15, 0.2) is 12.3 Å². The molecule has 1 N–H and O–H groups in total. The fourth-order valence-electron chi connectivity index (χ4n) is 3.69. The smallest absolute Gasteiger partial charge is 0.338 e. The molecule has 0 saturated carbocycles. The Labute approximate surface area is 197 Å². The van der Waals surface area contributed by atoms with Crippen LogP contribution in [0.1, 0.15) is 26.9 Å². The van der Waals surface area contributed by atoms with Crippen molar-refractivity contribution in [1.29, 1.82) is 0 Å². The topological polar surface area (TPSA) is 126 Å². The molecule has 1 aliphatic heterocycles. The molecule has 1 saturated heterocycles. The number of esters is 2. The predicted molar refractivity (Wildman–Crippen MR) is 118 cm³/mol. The van der Waals surface area contributed by atoms with E-state index in [0.717, 1.165) is 4.57 Å². The first-order valence-electron chi connectivity index (χ1n) is 10.6. The number of ether oxygens (including phenoxy) is 4. The number of aromatic nitrogens is 2. The van der Waals surface area contributed by atoms with Gasteiger partial charge in [0, 0.05) is 7.11 Å². The molecule has 0 unspecified atom stereocenters. The summed E-state index contributed by atoms with van der Waals surface area (Å²) in [5.41, 5.74) is -1.61. The number of carbonyl (C=O) groups excluding carboxylic acids is 2. The first-order chi connectivity index (χ1) is 16.9. The summed E-state index contributed by atoms with van der Waals surface area (Å²) in [7, 11) is 1.29. The third-order valence-corrected chi connectivity index (χ3v) is 5.40. The van der Waals surface area contributed by atoms with E-state index in [2.05, 4.69) is 0 Å². The van der Waals surface area contributed by atoms with Crippen molar-refractivity contribution >= 4 is 11.9 Å². The van der Waals surface area contributed by atoms with Crippen LogP contribution < -0.4 is 11.2 Å². The third-order valence-electron chi connectivity index (χ3n) is 5.40. The lowest BCUT2D eigenvalue weighted by atomic mass is 10.1. The van der Waals surface area contributed by atoms with Crippen molar-refractivity contribution in [3.05, 3.63) is 105 Å². The molecule has 10 nitrogen and oxygen atoms in total. The van der Waals surface area contributed by atoms with Crippen LogP contribution in [0.5, 0.6) is 0 Å². The fraction of sp³-hybridized carbons (Fsp3) is 0.250. The number of H-pyrrole nitrogens is 1. The minimum Gasteiger partial charge on any atom is -0.459 e. The molecule has 3 aromatic rings. The third kappa shape index (κ3) is 5.20. The molecule has 0 aliphatic carbocycles. The van der Waals surface area contributed by atoms with Gasteiger partial charge in [0.25, 0.3) is 5.56 Å². The molecule has 35 heavy (non-hydrogen) atoms. The molecule has 0 amide bonds. The van der Waals surface area contributed by atoms with E-state index in [1.54, 1.807) is 60.7 Å². The number of halogens is 1. The molecule has 11 heteroatoms. The van der Waals surface area contributed by atoms with Gasteiger partial charge in [-0.3, -0.25) is 14.3 Å². The van der Waals surface area contributed by atoms with Crippen LogP contribution in [-0.2, 0) is 18.9 Å². The van der Waals surface area contributed by atoms with Gasteiger partial charge in [-0.05, 0) is 24.3 Å². The number of nitrogens with one attached hydrogen (secondary N) is 1. The first-order valence-corrected chi connectivity index (χ1v) is 10.6. The summed E-state index contributed by atoms with van der Waals surface area (Å²) in [6.45, 7) is -0.364. The maximum atomic E-state index is 14.0. The van der Waals surface area contributed by atoms with Gasteiger partial charge in [-0.25, -0.2) is 14.4 Å². The van der Waals surface area contributed by atoms with E-state index in [1.807, 2.05) is 4.98 Å². The zero-order valence-corrected chi connectivity index (χ0v) is 18.5. The van der Waals surface area contributed by atoms with Gasteiger partial charge >= 0.3 is 17.6 Å². The summed E-state index contributed by atoms with van der Waals surface area (Å²) in [6.07, 6.45) is -3.96. The minimum atomic E-state index is -1.30. The Morgan fingerprint density at radius 2 is 1.57 bits per heavy atom. The average Bonchev–Trinajstić information content (AvgIpc) is 3.22. The minimum absolute atomic E-state index is 0.248. The monoisotopic (exact) mass is 484 g/mol. The normalized spacial score (nSPS) is 21.4. The molecule has 4 rings (SSSR count). The Hall–Kier alpha value is -4.09. The highest BCUT2D eigenvalue weighted by atomic mass is 19.1. The van der Waals surface area contributed by atoms with Crippen molar-refractivity contribution in [2.24, 2.45) is 0 Å². The van der Waals surface area contributed by atoms with Gasteiger partial charge < -0.3 is 18.9 Å². The van der Waals surface area contributed by atoms with Crippen LogP contribution in [0.2, 0.25) is 0 Å². The van der Waals surface area contributed by atoms with Crippen LogP contribution >= 0.6 is 0 Å². The second-order valence-corrected chi connectivity index (χ2v) is 7.61. The molecule has 2 aromatic carbocycles. The van der Waals surface area contributed by atoms with E-state index in [0.29, 0.717) is 11.8 Å². The molecular weight excluding hydrogens is 463 g/mol. The van der Waals surface area contributed by atoms with E-state index < -0.39 is 53.5 Å². The highest BCUT2D eigenvalue weighted by Gasteiger charge is 2.49. The number of carbonyl (C=O) groups is 2. The average molecular weight is 484 g/mol. The summed E-state index contributed by atoms with van der Waals surface area (Å²) < 4.78 is 37.0. The Morgan fingerprint density at radius 1 is 0.971 bits per heavy atom. The van der Waals surface area contributed by atoms with Crippen LogP contribution in [0, 0.1) is 5.82 Å². The summed E-state index contributed by atoms with van der Waals surface area (Å²) in [4.78, 5) is 50.9. The van der Waals surface area contributed by atoms with Crippen molar-refractivity contribution in [1.82, 2.24) is 9.55 Å². The van der Waals surface area contributed by atoms with Crippen molar-refractivity contribution in [3.63, 3.8) is 0 Å². The summed E-state index contributed by atoms with van der Waals surface area (Å²) in [5, 5.41) is 0. The van der Waals surface area contributed by atoms with Crippen LogP contribution in [0.25, 0.3) is 0 Å². The number of benzene rings is 2. The highest BCUT2D eigenvalue weighted by Crippen LogP contribution is 2.33. The van der Waals surface area contributed by atoms with E-state index in [9.17, 15) is 23.6 Å². The van der Waals surface area contributed by atoms with Crippen molar-refractivity contribution in [2.75, 3.05) is 13.7 Å². The lowest BCUT2D eigenvalue weighted by Gasteiger charge is -2.23. The number of hydrogen-bond acceptors (Lipinski definition) is 8. The SMILES string of the molecule is CO[C@@H]1[C@H](OC(=O)c2ccccc2)[C@@H](COC(=O)c2ccccc2)O[C@@H]1n1cc(F)c(=O)[nH]c1=O. The summed E-state index contributed by atoms with van der Waals surface area (Å²) in [5.74, 6) is -2.58. The predicted octanol–water partition coefficient (Wildman–Crippen LogP) is 1.67. The van der Waals surface area contributed by atoms with E-state index >= 15 is 0 Å². The lowest BCUT2D eigenvalue weighted by Crippen LogP contribution is -2.42. The molecule has 0 spiro atoms. The second kappa shape index (κ2) is 10.5. The number of nitrogens with zero attached hydrogens (tertiary/aromatic N) is 1. The fourth-order valence-corrected chi connectivity index (χ4v) is 3.69. The molecule has 0 bridgehead atoms. The van der Waals surface area contributed by atoms with Gasteiger partial charge in [-0.1, -0.05) is 36.4 Å². The molecule has 4 atom stereocenters. The zero-order chi connectivity index (χ0) is 24.9. The molecular formula is C24H21FN2O8. The molecule has 182 valence electrons. The summed E-state index contributed by atoms with van der Waals surface area (Å²) >= 11 is 0. The second-order valence-electron chi connectivity index (χ2n) is 7.61. The standard InChI is InChI=1S/C24H21FN2O8/c1-32-19-18(35-23(30)15-10-6-3-7-11-15)17(13-33-22(29)14-8-4-2-5-9-14)34-21(19)27-12-16(25)20(28)26-24(27)31/h2-12,17-19,21H,13H2,1H3,(H,26,28,31)/t17-,18-,19-,21+/m1/s1. The summed E-state index contributed by atoms with van der Waals surface area (Å²) in [6, 6.07) is 16.3. The van der Waals surface area contributed by atoms with Crippen LogP contribution in [0.15, 0.2) is 76.4 Å². The Kier molecular flexibility index (Phi) is 7.18. The number of hydrogen-bond donors (Lipinski definition) is 1. The van der Waals surface area contributed by atoms with Crippen LogP contribution in [-0.4, -0.2) is 53.5 Å². The Balaban J connectivity index is 1.62. The maximum Gasteiger partial charge on any atom is 0.338 e. The molecule has 2 heterocycles. The Morgan fingerprint density at radius 3 is 2.17 bits per heavy atom. The van der Waals surface area contributed by atoms with Crippen LogP contribution in [0.4, 0.5) is 4.39 Å². The van der Waals surface area contributed by atoms with Crippen molar-refractivity contribution in [2.45, 2.75) is 24.5 Å². The van der Waals surface area contributed by atoms with E-state index in [1.165, 1.54) is 7.11 Å². The molecule has 1 aromatic heterocycles. The molecule has 1 fully saturated rings. The van der Waals surface area contributed by atoms with Gasteiger partial charge in [0.2, 0.25) is 5.82 Å². The Bertz CT molecular complexity index is 1310. The zero-order valence-electron chi connectivity index (χ0n) is 18.5. The maximum absolute atomic E-state index is 14.0. The number of rotatable bonds is 7. The quantitative estimate of drug-likeness (QED) is 0.502. The van der Waals surface area contributed by atoms with Crippen molar-refractivity contribution in [3.8, 4) is 0 Å². The lowest BCUT2D eigenvalue weighted by molar-refractivity contribution is -0.0661. The van der Waals surface area contributed by atoms with Gasteiger partial charge in [-0.2, -0.15) is 4.39 Å². The van der Waals surface area contributed by atoms with Gasteiger partial charge in [0.05, 0.1) is 17.3 Å². The number of aromatic amines is 1. The van der Waals surface area contributed by atoms with E-state index in [-0.39, 0.29) is 12.2 Å². The first kappa shape index (κ1) is 24.0. The van der Waals surface area contributed by atoms with Gasteiger partial charge in [0.1, 0.15) is 18.8 Å². The van der Waals surface area contributed by atoms with E-state index in [4.69, 9.17) is 18.9 Å². The van der Waals surface area contributed by atoms with Gasteiger partial charge in [-0.15, -0.1) is 0 Å². The number of methoxy groups -OCH3 is 1.